The maximum atomic E-state index is 12.8. The van der Waals surface area contributed by atoms with Crippen molar-refractivity contribution in [1.29, 1.82) is 0 Å². The SMILES string of the molecule is CCCCC/C=C\C/C=C\CCCCCCCCCC(=O)NC(COP(=O)([O-])OCC[N+](C)(C)C)C(O)CCCCCCCCCCCC. The van der Waals surface area contributed by atoms with E-state index in [1.165, 1.54) is 96.3 Å². The molecule has 0 aliphatic rings. The van der Waals surface area contributed by atoms with Crippen molar-refractivity contribution in [3.8, 4) is 0 Å². The number of quaternary nitrogens is 1. The van der Waals surface area contributed by atoms with Crippen LogP contribution in [0.5, 0.6) is 0 Å². The zero-order valence-electron chi connectivity index (χ0n) is 32.6. The summed E-state index contributed by atoms with van der Waals surface area (Å²) in [6.07, 6.45) is 36.0. The number of hydrogen-bond donors (Lipinski definition) is 2. The molecule has 0 radical (unpaired) electrons. The van der Waals surface area contributed by atoms with Crippen LogP contribution in [0.25, 0.3) is 0 Å². The topological polar surface area (TPSA) is 108 Å². The van der Waals surface area contributed by atoms with Crippen molar-refractivity contribution >= 4 is 13.7 Å². The van der Waals surface area contributed by atoms with Gasteiger partial charge in [0.05, 0.1) is 39.9 Å². The Morgan fingerprint density at radius 3 is 1.73 bits per heavy atom. The number of phosphoric acid groups is 1. The van der Waals surface area contributed by atoms with Crippen molar-refractivity contribution < 1.29 is 32.9 Å². The smallest absolute Gasteiger partial charge is 0.268 e. The molecular formula is C40H79N2O6P. The van der Waals surface area contributed by atoms with Crippen molar-refractivity contribution in [3.05, 3.63) is 24.3 Å². The van der Waals surface area contributed by atoms with Crippen LogP contribution in [0.2, 0.25) is 0 Å². The highest BCUT2D eigenvalue weighted by Crippen LogP contribution is 2.38. The Hall–Kier alpha value is -1.02. The normalized spacial score (nSPS) is 14.8. The van der Waals surface area contributed by atoms with Gasteiger partial charge in [-0.2, -0.15) is 0 Å². The first kappa shape index (κ1) is 48.0. The predicted octanol–water partition coefficient (Wildman–Crippen LogP) is 9.94. The quantitative estimate of drug-likeness (QED) is 0.0290. The van der Waals surface area contributed by atoms with Crippen molar-refractivity contribution in [2.24, 2.45) is 0 Å². The van der Waals surface area contributed by atoms with E-state index in [1.54, 1.807) is 0 Å². The third kappa shape index (κ3) is 35.2. The number of allylic oxidation sites excluding steroid dienone is 4. The standard InChI is InChI=1S/C40H79N2O6P/c1-6-8-10-12-14-16-18-19-20-21-22-23-24-26-28-30-32-34-40(44)41-38(37-48-49(45,46)47-36-35-42(3,4)5)39(43)33-31-29-27-25-17-15-13-11-9-7-2/h14,16,19-20,38-39,43H,6-13,15,17-18,21-37H2,1-5H3,(H-,41,44,45,46)/b16-14-,20-19-. The molecule has 0 spiro atoms. The van der Waals surface area contributed by atoms with Gasteiger partial charge in [0.15, 0.2) is 0 Å². The Morgan fingerprint density at radius 1 is 0.714 bits per heavy atom. The van der Waals surface area contributed by atoms with Gasteiger partial charge < -0.3 is 28.8 Å². The number of unbranched alkanes of at least 4 members (excludes halogenated alkanes) is 19. The molecule has 0 aromatic carbocycles. The number of rotatable bonds is 36. The number of nitrogens with one attached hydrogen (secondary N) is 1. The van der Waals surface area contributed by atoms with Gasteiger partial charge in [-0.1, -0.05) is 147 Å². The third-order valence-corrected chi connectivity index (χ3v) is 9.91. The van der Waals surface area contributed by atoms with Gasteiger partial charge in [0.2, 0.25) is 5.91 Å². The first-order chi connectivity index (χ1) is 23.5. The molecule has 0 aliphatic carbocycles. The van der Waals surface area contributed by atoms with E-state index >= 15 is 0 Å². The zero-order valence-corrected chi connectivity index (χ0v) is 33.5. The van der Waals surface area contributed by atoms with Crippen LogP contribution in [0.1, 0.15) is 174 Å². The lowest BCUT2D eigenvalue weighted by molar-refractivity contribution is -0.870. The molecule has 0 saturated carbocycles. The van der Waals surface area contributed by atoms with Gasteiger partial charge in [-0.05, 0) is 44.9 Å². The minimum Gasteiger partial charge on any atom is -0.756 e. The number of nitrogens with zero attached hydrogens (tertiary/aromatic N) is 1. The monoisotopic (exact) mass is 715 g/mol. The Balaban J connectivity index is 4.39. The molecule has 0 heterocycles. The minimum atomic E-state index is -4.55. The number of carbonyl (C=O) groups is 1. The predicted molar refractivity (Wildman–Crippen MR) is 205 cm³/mol. The molecule has 2 N–H and O–H groups in total. The number of carbonyl (C=O) groups excluding carboxylic acids is 1. The van der Waals surface area contributed by atoms with Crippen LogP contribution >= 0.6 is 7.82 Å². The van der Waals surface area contributed by atoms with Crippen LogP contribution in [0.3, 0.4) is 0 Å². The molecule has 0 aromatic heterocycles. The first-order valence-corrected chi connectivity index (χ1v) is 21.6. The fraction of sp³-hybridized carbons (Fsp3) is 0.875. The summed E-state index contributed by atoms with van der Waals surface area (Å²) in [5, 5.41) is 13.8. The van der Waals surface area contributed by atoms with Gasteiger partial charge in [0.1, 0.15) is 13.2 Å². The van der Waals surface area contributed by atoms with E-state index < -0.39 is 20.0 Å². The maximum absolute atomic E-state index is 12.8. The number of aliphatic hydroxyl groups excluding tert-OH is 1. The zero-order chi connectivity index (χ0) is 36.5. The van der Waals surface area contributed by atoms with Crippen LogP contribution < -0.4 is 10.2 Å². The molecule has 0 saturated heterocycles. The average molecular weight is 715 g/mol. The average Bonchev–Trinajstić information content (AvgIpc) is 3.04. The van der Waals surface area contributed by atoms with E-state index in [4.69, 9.17) is 9.05 Å². The van der Waals surface area contributed by atoms with Crippen LogP contribution in [0.4, 0.5) is 0 Å². The summed E-state index contributed by atoms with van der Waals surface area (Å²) in [7, 11) is 1.30. The van der Waals surface area contributed by atoms with E-state index in [-0.39, 0.29) is 19.1 Å². The summed E-state index contributed by atoms with van der Waals surface area (Å²) in [5.41, 5.74) is 0. The lowest BCUT2D eigenvalue weighted by Gasteiger charge is -2.30. The summed E-state index contributed by atoms with van der Waals surface area (Å²) < 4.78 is 23.1. The second-order valence-corrected chi connectivity index (χ2v) is 16.4. The second kappa shape index (κ2) is 32.9. The fourth-order valence-corrected chi connectivity index (χ4v) is 6.38. The summed E-state index contributed by atoms with van der Waals surface area (Å²) in [6, 6.07) is -0.800. The number of aliphatic hydroxyl groups is 1. The number of hydrogen-bond acceptors (Lipinski definition) is 6. The molecule has 9 heteroatoms. The van der Waals surface area contributed by atoms with Crippen molar-refractivity contribution in [1.82, 2.24) is 5.32 Å². The number of phosphoric ester groups is 1. The first-order valence-electron chi connectivity index (χ1n) is 20.2. The lowest BCUT2D eigenvalue weighted by atomic mass is 10.0. The van der Waals surface area contributed by atoms with Crippen molar-refractivity contribution in [2.75, 3.05) is 40.9 Å². The molecule has 49 heavy (non-hydrogen) atoms. The Morgan fingerprint density at radius 2 is 1.18 bits per heavy atom. The highest BCUT2D eigenvalue weighted by Gasteiger charge is 2.24. The number of amides is 1. The van der Waals surface area contributed by atoms with Crippen LogP contribution in [-0.4, -0.2) is 68.5 Å². The van der Waals surface area contributed by atoms with Gasteiger partial charge >= 0.3 is 0 Å². The molecule has 1 amide bonds. The highest BCUT2D eigenvalue weighted by molar-refractivity contribution is 7.45. The second-order valence-electron chi connectivity index (χ2n) is 15.0. The fourth-order valence-electron chi connectivity index (χ4n) is 5.66. The molecule has 0 aromatic rings. The van der Waals surface area contributed by atoms with E-state index in [9.17, 15) is 19.4 Å². The molecule has 0 fully saturated rings. The molecular weight excluding hydrogens is 635 g/mol. The largest absolute Gasteiger partial charge is 0.756 e. The summed E-state index contributed by atoms with van der Waals surface area (Å²) >= 11 is 0. The Labute approximate surface area is 303 Å². The molecule has 0 bridgehead atoms. The van der Waals surface area contributed by atoms with Crippen LogP contribution in [0, 0.1) is 0 Å². The Kier molecular flexibility index (Phi) is 32.2. The van der Waals surface area contributed by atoms with Crippen LogP contribution in [-0.2, 0) is 18.4 Å². The Bertz CT molecular complexity index is 860. The van der Waals surface area contributed by atoms with Gasteiger partial charge in [-0.25, -0.2) is 0 Å². The summed E-state index contributed by atoms with van der Waals surface area (Å²) in [6.45, 7) is 4.65. The van der Waals surface area contributed by atoms with Gasteiger partial charge in [-0.3, -0.25) is 9.36 Å². The molecule has 8 nitrogen and oxygen atoms in total. The highest BCUT2D eigenvalue weighted by atomic mass is 31.2. The summed E-state index contributed by atoms with van der Waals surface area (Å²) in [4.78, 5) is 25.2. The molecule has 3 atom stereocenters. The lowest BCUT2D eigenvalue weighted by Crippen LogP contribution is -2.46. The number of likely N-dealkylation sites (N-methyl/N-ethyl adjacent to an activating group) is 1. The van der Waals surface area contributed by atoms with Crippen molar-refractivity contribution in [3.63, 3.8) is 0 Å². The maximum Gasteiger partial charge on any atom is 0.268 e. The van der Waals surface area contributed by atoms with E-state index in [1.807, 2.05) is 21.1 Å². The molecule has 0 rings (SSSR count). The molecule has 0 aliphatic heterocycles. The van der Waals surface area contributed by atoms with Gasteiger partial charge in [-0.15, -0.1) is 0 Å². The van der Waals surface area contributed by atoms with E-state index in [2.05, 4.69) is 43.5 Å². The molecule has 290 valence electrons. The van der Waals surface area contributed by atoms with Crippen LogP contribution in [0.15, 0.2) is 24.3 Å². The molecule has 3 unspecified atom stereocenters. The van der Waals surface area contributed by atoms with Gasteiger partial charge in [0, 0.05) is 6.42 Å². The van der Waals surface area contributed by atoms with E-state index in [0.29, 0.717) is 23.9 Å². The van der Waals surface area contributed by atoms with Crippen molar-refractivity contribution in [2.45, 2.75) is 187 Å². The third-order valence-electron chi connectivity index (χ3n) is 8.94. The van der Waals surface area contributed by atoms with E-state index in [0.717, 1.165) is 51.4 Å². The summed E-state index contributed by atoms with van der Waals surface area (Å²) in [5.74, 6) is -0.176. The van der Waals surface area contributed by atoms with Gasteiger partial charge in [0.25, 0.3) is 7.82 Å². The minimum absolute atomic E-state index is 0.0105.